The van der Waals surface area contributed by atoms with E-state index >= 15 is 0 Å². The molecular weight excluding hydrogens is 431 g/mol. The quantitative estimate of drug-likeness (QED) is 0.299. The Morgan fingerprint density at radius 1 is 1.17 bits per heavy atom. The van der Waals surface area contributed by atoms with Crippen molar-refractivity contribution in [3.8, 4) is 0 Å². The summed E-state index contributed by atoms with van der Waals surface area (Å²) in [5.41, 5.74) is 2.22. The third-order valence-electron chi connectivity index (χ3n) is 3.60. The molecule has 0 spiro atoms. The van der Waals surface area contributed by atoms with E-state index in [2.05, 4.69) is 30.9 Å². The number of nitrogens with one attached hydrogen (secondary N) is 3. The Balaban J connectivity index is 1.75. The third kappa shape index (κ3) is 6.45. The lowest BCUT2D eigenvalue weighted by Crippen LogP contribution is -2.39. The molecule has 150 valence electrons. The van der Waals surface area contributed by atoms with E-state index in [4.69, 9.17) is 23.8 Å². The fourth-order valence-electron chi connectivity index (χ4n) is 2.40. The van der Waals surface area contributed by atoms with Crippen LogP contribution in [0.2, 0.25) is 5.02 Å². The van der Waals surface area contributed by atoms with Gasteiger partial charge in [0.15, 0.2) is 5.11 Å². The van der Waals surface area contributed by atoms with Gasteiger partial charge in [0.1, 0.15) is 5.82 Å². The van der Waals surface area contributed by atoms with E-state index in [9.17, 15) is 4.39 Å². The number of aryl methyl sites for hydroxylation is 2. The van der Waals surface area contributed by atoms with Crippen molar-refractivity contribution in [1.82, 2.24) is 15.3 Å². The fourth-order valence-corrected chi connectivity index (χ4v) is 3.42. The molecule has 2 heterocycles. The molecule has 3 aromatic rings. The molecule has 0 aliphatic heterocycles. The van der Waals surface area contributed by atoms with Crippen molar-refractivity contribution in [2.45, 2.75) is 20.4 Å². The number of nitrogens with zero attached hydrogens (tertiary/aromatic N) is 3. The highest BCUT2D eigenvalue weighted by Gasteiger charge is 2.08. The number of thiophene rings is 1. The highest BCUT2D eigenvalue weighted by Crippen LogP contribution is 2.19. The minimum absolute atomic E-state index is 0.00569. The molecule has 0 atom stereocenters. The van der Waals surface area contributed by atoms with E-state index in [0.717, 1.165) is 16.3 Å². The van der Waals surface area contributed by atoms with Crippen LogP contribution < -0.4 is 16.0 Å². The summed E-state index contributed by atoms with van der Waals surface area (Å²) in [6.07, 6.45) is 0. The van der Waals surface area contributed by atoms with Crippen LogP contribution in [0.3, 0.4) is 0 Å². The fraction of sp³-hybridized carbons (Fsp3) is 0.158. The third-order valence-corrected chi connectivity index (χ3v) is 4.95. The van der Waals surface area contributed by atoms with Crippen LogP contribution in [-0.4, -0.2) is 21.0 Å². The first-order valence-electron chi connectivity index (χ1n) is 8.58. The molecule has 3 N–H and O–H groups in total. The summed E-state index contributed by atoms with van der Waals surface area (Å²) in [5, 5.41) is 11.3. The Morgan fingerprint density at radius 2 is 1.93 bits per heavy atom. The first kappa shape index (κ1) is 21.1. The first-order chi connectivity index (χ1) is 13.9. The molecule has 0 saturated heterocycles. The second-order valence-electron chi connectivity index (χ2n) is 6.05. The summed E-state index contributed by atoms with van der Waals surface area (Å²) in [7, 11) is 0. The van der Waals surface area contributed by atoms with Crippen LogP contribution in [0.15, 0.2) is 46.8 Å². The molecule has 0 saturated carbocycles. The molecule has 0 aliphatic carbocycles. The number of benzene rings is 1. The Hall–Kier alpha value is -2.62. The highest BCUT2D eigenvalue weighted by molar-refractivity contribution is 7.80. The Morgan fingerprint density at radius 3 is 2.59 bits per heavy atom. The summed E-state index contributed by atoms with van der Waals surface area (Å²) in [6, 6.07) is 10.1. The Labute approximate surface area is 182 Å². The van der Waals surface area contributed by atoms with Crippen LogP contribution in [0, 0.1) is 19.7 Å². The topological polar surface area (TPSA) is 74.2 Å². The number of thiocarbonyl (C=S) groups is 1. The van der Waals surface area contributed by atoms with Gasteiger partial charge < -0.3 is 10.6 Å². The maximum absolute atomic E-state index is 13.3. The van der Waals surface area contributed by atoms with Crippen molar-refractivity contribution < 1.29 is 4.39 Å². The molecule has 0 fully saturated rings. The van der Waals surface area contributed by atoms with Gasteiger partial charge in [-0.05, 0) is 61.8 Å². The predicted molar refractivity (Wildman–Crippen MR) is 121 cm³/mol. The molecule has 0 unspecified atom stereocenters. The largest absolute Gasteiger partial charge is 0.332 e. The van der Waals surface area contributed by atoms with Gasteiger partial charge in [-0.1, -0.05) is 17.7 Å². The van der Waals surface area contributed by atoms with Crippen molar-refractivity contribution >= 4 is 57.9 Å². The summed E-state index contributed by atoms with van der Waals surface area (Å²) in [5.74, 6) is 0.296. The number of rotatable bonds is 4. The van der Waals surface area contributed by atoms with Gasteiger partial charge in [0.25, 0.3) is 0 Å². The van der Waals surface area contributed by atoms with Gasteiger partial charge in [-0.25, -0.2) is 19.4 Å². The van der Waals surface area contributed by atoms with Crippen LogP contribution in [0.4, 0.5) is 16.0 Å². The number of guanidine groups is 1. The molecule has 10 heteroatoms. The van der Waals surface area contributed by atoms with E-state index in [1.165, 1.54) is 18.2 Å². The van der Waals surface area contributed by atoms with Crippen molar-refractivity contribution in [2.24, 2.45) is 4.99 Å². The normalized spacial score (nSPS) is 11.2. The van der Waals surface area contributed by atoms with Crippen molar-refractivity contribution in [1.29, 1.82) is 0 Å². The van der Waals surface area contributed by atoms with Gasteiger partial charge in [-0.2, -0.15) is 0 Å². The molecule has 0 amide bonds. The second kappa shape index (κ2) is 9.73. The summed E-state index contributed by atoms with van der Waals surface area (Å²) in [6.45, 7) is 4.24. The van der Waals surface area contributed by atoms with Gasteiger partial charge in [0.2, 0.25) is 11.9 Å². The second-order valence-corrected chi connectivity index (χ2v) is 7.90. The Kier molecular flexibility index (Phi) is 7.08. The number of hydrogen-bond acceptors (Lipinski definition) is 5. The number of hydrogen-bond donors (Lipinski definition) is 3. The zero-order valence-electron chi connectivity index (χ0n) is 15.7. The molecular formula is C19H18ClFN6S2. The van der Waals surface area contributed by atoms with Gasteiger partial charge in [0.05, 0.1) is 11.6 Å². The molecule has 1 aromatic carbocycles. The Bertz CT molecular complexity index is 1020. The van der Waals surface area contributed by atoms with Crippen molar-refractivity contribution in [3.05, 3.63) is 68.9 Å². The van der Waals surface area contributed by atoms with Crippen LogP contribution in [0.25, 0.3) is 0 Å². The lowest BCUT2D eigenvalue weighted by atomic mass is 10.3. The van der Waals surface area contributed by atoms with Crippen LogP contribution in [0.1, 0.15) is 16.3 Å². The molecule has 0 bridgehead atoms. The van der Waals surface area contributed by atoms with E-state index < -0.39 is 5.82 Å². The number of aliphatic imine (C=N–C) groups is 1. The maximum Gasteiger partial charge on any atom is 0.229 e. The van der Waals surface area contributed by atoms with Gasteiger partial charge in [-0.3, -0.25) is 5.32 Å². The van der Waals surface area contributed by atoms with E-state index in [0.29, 0.717) is 24.1 Å². The predicted octanol–water partition coefficient (Wildman–Crippen LogP) is 4.90. The average molecular weight is 449 g/mol. The van der Waals surface area contributed by atoms with Gasteiger partial charge in [0, 0.05) is 22.0 Å². The lowest BCUT2D eigenvalue weighted by Gasteiger charge is -2.14. The SMILES string of the molecule is Cc1cc(C)nc(NC(=NCc2cccs2)NC(=S)Nc2ccc(F)c(Cl)c2)n1. The molecule has 3 rings (SSSR count). The zero-order chi connectivity index (χ0) is 20.8. The monoisotopic (exact) mass is 448 g/mol. The standard InChI is InChI=1S/C19H18ClFN6S2/c1-11-8-12(2)24-18(23-11)26-17(22-10-14-4-3-7-29-14)27-19(28)25-13-5-6-16(21)15(20)9-13/h3-9H,10H2,1-2H3,(H3,22,23,24,25,26,27,28). The minimum atomic E-state index is -0.497. The van der Waals surface area contributed by atoms with Crippen LogP contribution in [-0.2, 0) is 6.54 Å². The van der Waals surface area contributed by atoms with Crippen molar-refractivity contribution in [2.75, 3.05) is 10.6 Å². The molecule has 29 heavy (non-hydrogen) atoms. The van der Waals surface area contributed by atoms with Gasteiger partial charge in [-0.15, -0.1) is 11.3 Å². The van der Waals surface area contributed by atoms with E-state index in [1.807, 2.05) is 37.4 Å². The van der Waals surface area contributed by atoms with Crippen LogP contribution in [0.5, 0.6) is 0 Å². The molecule has 0 aliphatic rings. The highest BCUT2D eigenvalue weighted by atomic mass is 35.5. The molecule has 6 nitrogen and oxygen atoms in total. The van der Waals surface area contributed by atoms with Crippen molar-refractivity contribution in [3.63, 3.8) is 0 Å². The van der Waals surface area contributed by atoms with E-state index in [-0.39, 0.29) is 10.1 Å². The zero-order valence-corrected chi connectivity index (χ0v) is 18.1. The average Bonchev–Trinajstić information content (AvgIpc) is 3.15. The number of halogens is 2. The number of anilines is 2. The molecule has 2 aromatic heterocycles. The lowest BCUT2D eigenvalue weighted by molar-refractivity contribution is 0.628. The summed E-state index contributed by atoms with van der Waals surface area (Å²) >= 11 is 12.8. The van der Waals surface area contributed by atoms with Gasteiger partial charge >= 0.3 is 0 Å². The smallest absolute Gasteiger partial charge is 0.229 e. The summed E-state index contributed by atoms with van der Waals surface area (Å²) in [4.78, 5) is 14.4. The first-order valence-corrected chi connectivity index (χ1v) is 10.2. The van der Waals surface area contributed by atoms with Crippen LogP contribution >= 0.6 is 35.2 Å². The summed E-state index contributed by atoms with van der Waals surface area (Å²) < 4.78 is 13.3. The van der Waals surface area contributed by atoms with E-state index in [1.54, 1.807) is 11.3 Å². The molecule has 0 radical (unpaired) electrons. The minimum Gasteiger partial charge on any atom is -0.332 e. The maximum atomic E-state index is 13.3. The number of aromatic nitrogens is 2.